The van der Waals surface area contributed by atoms with Gasteiger partial charge in [-0.1, -0.05) is 12.2 Å². The van der Waals surface area contributed by atoms with E-state index in [1.165, 1.54) is 38.5 Å². The molecule has 2 saturated heterocycles. The second-order valence-corrected chi connectivity index (χ2v) is 22.6. The van der Waals surface area contributed by atoms with Crippen molar-refractivity contribution < 1.29 is 0 Å². The number of allylic oxidation sites excluding steroid dienone is 2. The molecular weight excluding hydrogens is 617 g/mol. The molecule has 12 rings (SSSR count). The molecule has 4 aliphatic heterocycles. The predicted molar refractivity (Wildman–Crippen MR) is 177 cm³/mol. The average Bonchev–Trinajstić information content (AvgIpc) is 3.57. The minimum Gasteiger partial charge on any atom is -0.108 e. The van der Waals surface area contributed by atoms with Gasteiger partial charge in [0.25, 0.3) is 0 Å². The highest BCUT2D eigenvalue weighted by Crippen LogP contribution is 2.70. The van der Waals surface area contributed by atoms with Crippen LogP contribution in [-0.2, 0) is 0 Å². The Labute approximate surface area is 259 Å². The summed E-state index contributed by atoms with van der Waals surface area (Å²) in [7, 11) is 0. The van der Waals surface area contributed by atoms with Gasteiger partial charge in [0.05, 0.1) is 26.8 Å². The van der Waals surface area contributed by atoms with E-state index in [-0.39, 0.29) is 0 Å². The van der Waals surface area contributed by atoms with E-state index in [1.807, 2.05) is 0 Å². The van der Waals surface area contributed by atoms with Gasteiger partial charge in [-0.05, 0) is 96.9 Å². The van der Waals surface area contributed by atoms with Crippen LogP contribution in [0.15, 0.2) is 64.5 Å². The monoisotopic (exact) mass is 642 g/mol. The molecule has 0 spiro atoms. The molecule has 0 amide bonds. The van der Waals surface area contributed by atoms with Gasteiger partial charge in [0.2, 0.25) is 0 Å². The van der Waals surface area contributed by atoms with Crippen molar-refractivity contribution in [2.24, 2.45) is 0 Å². The molecule has 4 heterocycles. The van der Waals surface area contributed by atoms with E-state index in [0.717, 1.165) is 11.8 Å². The van der Waals surface area contributed by atoms with Crippen molar-refractivity contribution >= 4 is 94.1 Å². The zero-order valence-corrected chi connectivity index (χ0v) is 27.1. The molecular formula is C30H26S8. The predicted octanol–water partition coefficient (Wildman–Crippen LogP) is 11.5. The van der Waals surface area contributed by atoms with Gasteiger partial charge in [-0.3, -0.25) is 0 Å². The molecule has 1 saturated carbocycles. The largest absolute Gasteiger partial charge is 0.108 e. The van der Waals surface area contributed by atoms with Crippen molar-refractivity contribution in [3.05, 3.63) is 67.1 Å². The van der Waals surface area contributed by atoms with Crippen molar-refractivity contribution in [1.29, 1.82) is 0 Å². The molecule has 0 N–H and O–H groups in total. The van der Waals surface area contributed by atoms with Gasteiger partial charge < -0.3 is 0 Å². The number of hydrogen-bond acceptors (Lipinski definition) is 8. The normalized spacial score (nSPS) is 38.9. The molecule has 2 aromatic carbocycles. The van der Waals surface area contributed by atoms with Crippen LogP contribution in [0.5, 0.6) is 0 Å². The van der Waals surface area contributed by atoms with Crippen molar-refractivity contribution in [1.82, 2.24) is 0 Å². The van der Waals surface area contributed by atoms with E-state index in [1.54, 1.807) is 50.3 Å². The Kier molecular flexibility index (Phi) is 5.80. The lowest BCUT2D eigenvalue weighted by Crippen LogP contribution is -2.22. The first kappa shape index (κ1) is 24.2. The molecule has 5 unspecified atom stereocenters. The van der Waals surface area contributed by atoms with Gasteiger partial charge in [0, 0.05) is 31.4 Å². The number of benzene rings is 2. The van der Waals surface area contributed by atoms with Gasteiger partial charge in [-0.15, -0.1) is 94.1 Å². The van der Waals surface area contributed by atoms with Crippen molar-refractivity contribution in [2.75, 3.05) is 0 Å². The van der Waals surface area contributed by atoms with Crippen LogP contribution in [0.1, 0.15) is 84.5 Å². The quantitative estimate of drug-likeness (QED) is 0.257. The van der Waals surface area contributed by atoms with Crippen LogP contribution in [0.3, 0.4) is 0 Å². The van der Waals surface area contributed by atoms with Crippen LogP contribution >= 0.6 is 94.1 Å². The van der Waals surface area contributed by atoms with Crippen LogP contribution in [0.2, 0.25) is 0 Å². The molecule has 0 radical (unpaired) electrons. The van der Waals surface area contributed by atoms with Gasteiger partial charge >= 0.3 is 0 Å². The lowest BCUT2D eigenvalue weighted by atomic mass is 9.67. The maximum Gasteiger partial charge on any atom is 0.0819 e. The summed E-state index contributed by atoms with van der Waals surface area (Å²) in [4.78, 5) is 6.26. The van der Waals surface area contributed by atoms with Crippen LogP contribution in [0.4, 0.5) is 0 Å². The van der Waals surface area contributed by atoms with Gasteiger partial charge in [-0.2, -0.15) is 0 Å². The Balaban J connectivity index is 0.904. The van der Waals surface area contributed by atoms with Crippen molar-refractivity contribution in [2.45, 2.75) is 100 Å². The first-order valence-electron chi connectivity index (χ1n) is 13.8. The maximum atomic E-state index is 2.63. The molecule has 0 nitrogen and oxygen atoms in total. The van der Waals surface area contributed by atoms with Gasteiger partial charge in [0.15, 0.2) is 0 Å². The highest BCUT2D eigenvalue weighted by atomic mass is 32.3. The fourth-order valence-corrected chi connectivity index (χ4v) is 22.3. The topological polar surface area (TPSA) is 0 Å². The lowest BCUT2D eigenvalue weighted by Gasteiger charge is -2.39. The molecule has 3 fully saturated rings. The molecule has 8 heteroatoms. The molecule has 4 bridgehead atoms. The summed E-state index contributed by atoms with van der Waals surface area (Å²) in [5.74, 6) is 3.03. The van der Waals surface area contributed by atoms with E-state index in [9.17, 15) is 0 Å². The second-order valence-electron chi connectivity index (χ2n) is 11.6. The van der Waals surface area contributed by atoms with E-state index < -0.39 is 0 Å². The third kappa shape index (κ3) is 3.69. The van der Waals surface area contributed by atoms with Crippen molar-refractivity contribution in [3.8, 4) is 0 Å². The van der Waals surface area contributed by atoms with Crippen molar-refractivity contribution in [3.63, 3.8) is 0 Å². The number of thioether (sulfide) groups is 8. The summed E-state index contributed by atoms with van der Waals surface area (Å²) < 4.78 is 5.81. The number of fused-ring (bicyclic) bond motifs is 7. The Morgan fingerprint density at radius 1 is 0.395 bits per heavy atom. The summed E-state index contributed by atoms with van der Waals surface area (Å²) in [6.07, 6.45) is 13.4. The highest BCUT2D eigenvalue weighted by Gasteiger charge is 2.45. The molecule has 6 atom stereocenters. The molecule has 6 aliphatic carbocycles. The Hall–Kier alpha value is 0.720. The maximum absolute atomic E-state index is 2.63. The fourth-order valence-electron chi connectivity index (χ4n) is 7.67. The molecule has 0 aromatic heterocycles. The smallest absolute Gasteiger partial charge is 0.0819 e. The Morgan fingerprint density at radius 3 is 1.08 bits per heavy atom. The standard InChI is InChI=1S/C30H26S8/c1-2-14-4-3-13(1)17-9-21-22(10-18(14)17)32-26-25(31-21)35-29(36-26)30-37-27-28(38-30)34-24-12-20-16-6-5-15(7-8-16)19(20)11-23(24)33-27/h1-2,9-16,25-28H,3-8H2/t13?,14?,15?,16?,25?,26?,27-,28?/m0/s1. The second kappa shape index (κ2) is 9.11. The van der Waals surface area contributed by atoms with E-state index in [4.69, 9.17) is 0 Å². The fraction of sp³-hybridized carbons (Fsp3) is 0.467. The van der Waals surface area contributed by atoms with Crippen LogP contribution in [-0.4, -0.2) is 18.3 Å². The molecule has 10 aliphatic rings. The number of rotatable bonds is 0. The molecule has 38 heavy (non-hydrogen) atoms. The Bertz CT molecular complexity index is 1350. The molecule has 2 aromatic rings. The average molecular weight is 643 g/mol. The third-order valence-corrected chi connectivity index (χ3v) is 23.2. The number of hydrogen-bond donors (Lipinski definition) is 0. The van der Waals surface area contributed by atoms with E-state index in [0.29, 0.717) is 30.2 Å². The lowest BCUT2D eigenvalue weighted by molar-refractivity contribution is 0.357. The first-order valence-corrected chi connectivity index (χ1v) is 20.9. The minimum atomic E-state index is 0.637. The minimum absolute atomic E-state index is 0.637. The molecule has 194 valence electrons. The van der Waals surface area contributed by atoms with Crippen LogP contribution in [0.25, 0.3) is 0 Å². The summed E-state index contributed by atoms with van der Waals surface area (Å²) in [5, 5.41) is 0. The SMILES string of the molecule is C1=CC2CCC1c1cc3c(cc12)SC1SC(=C2SC4Sc5cc6c(cc5S[C@H]4S2)C2CCC6CC2)SC1S3. The summed E-state index contributed by atoms with van der Waals surface area (Å²) in [6.45, 7) is 0. The summed E-state index contributed by atoms with van der Waals surface area (Å²) in [6, 6.07) is 10.4. The summed E-state index contributed by atoms with van der Waals surface area (Å²) in [5.41, 5.74) is 6.71. The van der Waals surface area contributed by atoms with Gasteiger partial charge in [0.1, 0.15) is 0 Å². The highest BCUT2D eigenvalue weighted by molar-refractivity contribution is 8.41. The zero-order chi connectivity index (χ0) is 24.5. The van der Waals surface area contributed by atoms with E-state index >= 15 is 0 Å². The first-order chi connectivity index (χ1) is 18.7. The summed E-state index contributed by atoms with van der Waals surface area (Å²) >= 11 is 17.4. The van der Waals surface area contributed by atoms with Gasteiger partial charge in [-0.25, -0.2) is 0 Å². The zero-order valence-electron chi connectivity index (χ0n) is 20.6. The Morgan fingerprint density at radius 2 is 0.737 bits per heavy atom. The van der Waals surface area contributed by atoms with Crippen LogP contribution in [0, 0.1) is 0 Å². The third-order valence-electron chi connectivity index (χ3n) is 9.55. The van der Waals surface area contributed by atoms with Crippen LogP contribution < -0.4 is 0 Å². The van der Waals surface area contributed by atoms with E-state index in [2.05, 4.69) is 131 Å².